The first kappa shape index (κ1) is 17.5. The predicted molar refractivity (Wildman–Crippen MR) is 91.1 cm³/mol. The van der Waals surface area contributed by atoms with Crippen LogP contribution in [0.15, 0.2) is 6.33 Å². The molecule has 2 unspecified atom stereocenters. The summed E-state index contributed by atoms with van der Waals surface area (Å²) in [6, 6.07) is 0. The minimum atomic E-state index is -0.486. The van der Waals surface area contributed by atoms with E-state index in [1.807, 2.05) is 19.0 Å². The highest BCUT2D eigenvalue weighted by Gasteiger charge is 2.23. The van der Waals surface area contributed by atoms with Gasteiger partial charge in [-0.15, -0.1) is 0 Å². The summed E-state index contributed by atoms with van der Waals surface area (Å²) in [4.78, 5) is 13.1. The molecule has 0 aromatic carbocycles. The zero-order chi connectivity index (χ0) is 16.9. The van der Waals surface area contributed by atoms with Gasteiger partial charge in [-0.1, -0.05) is 0 Å². The van der Waals surface area contributed by atoms with Crippen LogP contribution in [0, 0.1) is 0 Å². The normalized spacial score (nSPS) is 22.4. The smallest absolute Gasteiger partial charge is 0.136 e. The molecule has 2 atom stereocenters. The number of aliphatic hydroxyl groups excluding tert-OH is 1. The fourth-order valence-corrected chi connectivity index (χ4v) is 3.39. The molecule has 0 saturated carbocycles. The van der Waals surface area contributed by atoms with Gasteiger partial charge in [-0.05, 0) is 12.8 Å². The number of nitrogens with zero attached hydrogens (tertiary/aromatic N) is 4. The van der Waals surface area contributed by atoms with E-state index in [9.17, 15) is 5.11 Å². The summed E-state index contributed by atoms with van der Waals surface area (Å²) < 4.78 is 11.1. The summed E-state index contributed by atoms with van der Waals surface area (Å²) in [6.07, 6.45) is 4.42. The van der Waals surface area contributed by atoms with Crippen molar-refractivity contribution in [2.75, 3.05) is 51.9 Å². The molecule has 24 heavy (non-hydrogen) atoms. The van der Waals surface area contributed by atoms with E-state index in [0.717, 1.165) is 50.5 Å². The lowest BCUT2D eigenvalue weighted by Gasteiger charge is -2.31. The van der Waals surface area contributed by atoms with Gasteiger partial charge in [0.15, 0.2) is 0 Å². The summed E-state index contributed by atoms with van der Waals surface area (Å²) in [5.41, 5.74) is 2.29. The van der Waals surface area contributed by atoms with Crippen molar-refractivity contribution in [2.24, 2.45) is 0 Å². The van der Waals surface area contributed by atoms with E-state index >= 15 is 0 Å². The SMILES string of the molecule is CN(C)c1ncnc2c1CN(CC(O)COCC1CCCO1)CC2. The van der Waals surface area contributed by atoms with Gasteiger partial charge in [-0.2, -0.15) is 0 Å². The van der Waals surface area contributed by atoms with Gasteiger partial charge in [0.2, 0.25) is 0 Å². The number of fused-ring (bicyclic) bond motifs is 1. The molecule has 2 aliphatic rings. The van der Waals surface area contributed by atoms with E-state index in [1.54, 1.807) is 6.33 Å². The molecule has 3 heterocycles. The number of β-amino-alcohol motifs (C(OH)–C–C–N with tert-alkyl or cyclic N) is 1. The Kier molecular flexibility index (Phi) is 5.99. The van der Waals surface area contributed by atoms with Gasteiger partial charge in [-0.25, -0.2) is 9.97 Å². The molecule has 7 nitrogen and oxygen atoms in total. The van der Waals surface area contributed by atoms with Crippen LogP contribution >= 0.6 is 0 Å². The average Bonchev–Trinajstić information content (AvgIpc) is 3.07. The molecule has 7 heteroatoms. The molecule has 0 amide bonds. The molecule has 0 aliphatic carbocycles. The molecular formula is C17H28N4O3. The van der Waals surface area contributed by atoms with Crippen molar-refractivity contribution in [3.8, 4) is 0 Å². The van der Waals surface area contributed by atoms with E-state index < -0.39 is 6.10 Å². The third-order valence-corrected chi connectivity index (χ3v) is 4.59. The maximum absolute atomic E-state index is 10.3. The molecule has 1 N–H and O–H groups in total. The number of hydrogen-bond acceptors (Lipinski definition) is 7. The number of aliphatic hydroxyl groups is 1. The van der Waals surface area contributed by atoms with Gasteiger partial charge in [0.1, 0.15) is 12.1 Å². The van der Waals surface area contributed by atoms with Crippen molar-refractivity contribution in [3.05, 3.63) is 17.6 Å². The topological polar surface area (TPSA) is 71.0 Å². The van der Waals surface area contributed by atoms with Crippen molar-refractivity contribution in [1.82, 2.24) is 14.9 Å². The molecule has 0 spiro atoms. The largest absolute Gasteiger partial charge is 0.389 e. The molecule has 1 aromatic rings. The van der Waals surface area contributed by atoms with E-state index in [-0.39, 0.29) is 6.10 Å². The summed E-state index contributed by atoms with van der Waals surface area (Å²) in [6.45, 7) is 4.05. The fraction of sp³-hybridized carbons (Fsp3) is 0.765. The average molecular weight is 336 g/mol. The second-order valence-electron chi connectivity index (χ2n) is 6.83. The van der Waals surface area contributed by atoms with E-state index in [1.165, 1.54) is 5.56 Å². The quantitative estimate of drug-likeness (QED) is 0.775. The Morgan fingerprint density at radius 3 is 3.08 bits per heavy atom. The highest BCUT2D eigenvalue weighted by Crippen LogP contribution is 2.24. The van der Waals surface area contributed by atoms with Crippen molar-refractivity contribution in [1.29, 1.82) is 0 Å². The second kappa shape index (κ2) is 8.20. The Morgan fingerprint density at radius 1 is 1.46 bits per heavy atom. The van der Waals surface area contributed by atoms with Crippen LogP contribution in [0.25, 0.3) is 0 Å². The number of anilines is 1. The van der Waals surface area contributed by atoms with Gasteiger partial charge in [0, 0.05) is 52.3 Å². The molecule has 0 bridgehead atoms. The van der Waals surface area contributed by atoms with Crippen LogP contribution in [0.4, 0.5) is 5.82 Å². The fourth-order valence-electron chi connectivity index (χ4n) is 3.39. The molecule has 1 saturated heterocycles. The molecular weight excluding hydrogens is 308 g/mol. The molecule has 1 fully saturated rings. The first-order valence-corrected chi connectivity index (χ1v) is 8.73. The molecule has 3 rings (SSSR count). The van der Waals surface area contributed by atoms with Crippen LogP contribution in [-0.2, 0) is 22.4 Å². The van der Waals surface area contributed by atoms with Crippen molar-refractivity contribution in [3.63, 3.8) is 0 Å². The third kappa shape index (κ3) is 4.42. The minimum Gasteiger partial charge on any atom is -0.389 e. The number of rotatable bonds is 7. The first-order valence-electron chi connectivity index (χ1n) is 8.73. The van der Waals surface area contributed by atoms with Crippen LogP contribution in [0.1, 0.15) is 24.1 Å². The molecule has 0 radical (unpaired) electrons. The monoisotopic (exact) mass is 336 g/mol. The van der Waals surface area contributed by atoms with Crippen LogP contribution < -0.4 is 4.90 Å². The van der Waals surface area contributed by atoms with Crippen molar-refractivity contribution >= 4 is 5.82 Å². The molecule has 134 valence electrons. The Labute approximate surface area is 143 Å². The Balaban J connectivity index is 1.48. The van der Waals surface area contributed by atoms with Gasteiger partial charge in [0.05, 0.1) is 31.1 Å². The number of ether oxygens (including phenoxy) is 2. The van der Waals surface area contributed by atoms with Gasteiger partial charge in [-0.3, -0.25) is 4.90 Å². The summed E-state index contributed by atoms with van der Waals surface area (Å²) >= 11 is 0. The first-order chi connectivity index (χ1) is 11.6. The van der Waals surface area contributed by atoms with E-state index in [2.05, 4.69) is 14.9 Å². The summed E-state index contributed by atoms with van der Waals surface area (Å²) in [7, 11) is 3.99. The van der Waals surface area contributed by atoms with E-state index in [0.29, 0.717) is 19.8 Å². The van der Waals surface area contributed by atoms with Crippen molar-refractivity contribution < 1.29 is 14.6 Å². The zero-order valence-corrected chi connectivity index (χ0v) is 14.6. The second-order valence-corrected chi connectivity index (χ2v) is 6.83. The van der Waals surface area contributed by atoms with Crippen LogP contribution in [0.3, 0.4) is 0 Å². The minimum absolute atomic E-state index is 0.207. The zero-order valence-electron chi connectivity index (χ0n) is 14.6. The molecule has 2 aliphatic heterocycles. The lowest BCUT2D eigenvalue weighted by molar-refractivity contribution is -0.0261. The van der Waals surface area contributed by atoms with Gasteiger partial charge >= 0.3 is 0 Å². The highest BCUT2D eigenvalue weighted by atomic mass is 16.5. The van der Waals surface area contributed by atoms with Gasteiger partial charge < -0.3 is 19.5 Å². The number of aromatic nitrogens is 2. The Hall–Kier alpha value is -1.28. The van der Waals surface area contributed by atoms with Crippen LogP contribution in [-0.4, -0.2) is 79.2 Å². The maximum atomic E-state index is 10.3. The third-order valence-electron chi connectivity index (χ3n) is 4.59. The lowest BCUT2D eigenvalue weighted by Crippen LogP contribution is -2.39. The van der Waals surface area contributed by atoms with Crippen LogP contribution in [0.5, 0.6) is 0 Å². The van der Waals surface area contributed by atoms with E-state index in [4.69, 9.17) is 9.47 Å². The summed E-state index contributed by atoms with van der Waals surface area (Å²) in [5.74, 6) is 0.967. The maximum Gasteiger partial charge on any atom is 0.136 e. The lowest BCUT2D eigenvalue weighted by atomic mass is 10.1. The Morgan fingerprint density at radius 2 is 2.33 bits per heavy atom. The van der Waals surface area contributed by atoms with Crippen LogP contribution in [0.2, 0.25) is 0 Å². The molecule has 1 aromatic heterocycles. The number of hydrogen-bond donors (Lipinski definition) is 1. The standard InChI is InChI=1S/C17H28N4O3/c1-20(2)17-15-9-21(6-5-16(15)18-12-19-17)8-13(22)10-23-11-14-4-3-7-24-14/h12-14,22H,3-11H2,1-2H3. The Bertz CT molecular complexity index is 535. The van der Waals surface area contributed by atoms with Crippen molar-refractivity contribution in [2.45, 2.75) is 38.0 Å². The summed E-state index contributed by atoms with van der Waals surface area (Å²) in [5, 5.41) is 10.3. The van der Waals surface area contributed by atoms with Gasteiger partial charge in [0.25, 0.3) is 0 Å². The predicted octanol–water partition coefficient (Wildman–Crippen LogP) is 0.457. The highest BCUT2D eigenvalue weighted by molar-refractivity contribution is 5.48.